The Hall–Kier alpha value is -3.40. The molecule has 33 heavy (non-hydrogen) atoms. The van der Waals surface area contributed by atoms with Crippen molar-refractivity contribution in [1.29, 1.82) is 0 Å². The molecule has 0 N–H and O–H groups in total. The molecule has 0 atom stereocenters. The van der Waals surface area contributed by atoms with Gasteiger partial charge in [0, 0.05) is 31.3 Å². The number of hydrogen-bond donors (Lipinski definition) is 0. The maximum absolute atomic E-state index is 4.10. The van der Waals surface area contributed by atoms with Gasteiger partial charge in [-0.2, -0.15) is 0 Å². The van der Waals surface area contributed by atoms with Gasteiger partial charge in [-0.15, -0.1) is 11.3 Å². The molecule has 5 aromatic rings. The average Bonchev–Trinajstić information content (AvgIpc) is 3.23. The SMILES string of the molecule is C=C/C=C(\C=C)N(c1ccc(-c2ccccc2)cc1)c1cc(Br)cc2c1sc1ccccc12. The van der Waals surface area contributed by atoms with Crippen molar-refractivity contribution in [1.82, 2.24) is 0 Å². The van der Waals surface area contributed by atoms with Crippen LogP contribution in [0, 0.1) is 0 Å². The molecular formula is C30H22BrNS. The lowest BCUT2D eigenvalue weighted by molar-refractivity contribution is 1.22. The van der Waals surface area contributed by atoms with Crippen molar-refractivity contribution >= 4 is 58.8 Å². The fourth-order valence-corrected chi connectivity index (χ4v) is 5.79. The van der Waals surface area contributed by atoms with E-state index < -0.39 is 0 Å². The van der Waals surface area contributed by atoms with E-state index in [-0.39, 0.29) is 0 Å². The molecule has 1 heterocycles. The maximum Gasteiger partial charge on any atom is 0.0651 e. The zero-order valence-corrected chi connectivity index (χ0v) is 20.4. The van der Waals surface area contributed by atoms with E-state index in [4.69, 9.17) is 0 Å². The maximum atomic E-state index is 4.10. The lowest BCUT2D eigenvalue weighted by Crippen LogP contribution is -2.15. The quantitative estimate of drug-likeness (QED) is 0.206. The molecule has 4 aromatic carbocycles. The van der Waals surface area contributed by atoms with E-state index in [0.29, 0.717) is 0 Å². The molecule has 0 aliphatic rings. The summed E-state index contributed by atoms with van der Waals surface area (Å²) in [6.07, 6.45) is 5.69. The normalized spacial score (nSPS) is 11.6. The minimum Gasteiger partial charge on any atom is -0.309 e. The van der Waals surface area contributed by atoms with Gasteiger partial charge in [0.1, 0.15) is 0 Å². The first-order valence-electron chi connectivity index (χ1n) is 10.7. The van der Waals surface area contributed by atoms with Gasteiger partial charge in [-0.3, -0.25) is 0 Å². The molecule has 0 aliphatic heterocycles. The van der Waals surface area contributed by atoms with Crippen LogP contribution >= 0.6 is 27.3 Å². The van der Waals surface area contributed by atoms with Crippen molar-refractivity contribution < 1.29 is 0 Å². The molecule has 160 valence electrons. The predicted molar refractivity (Wildman–Crippen MR) is 150 cm³/mol. The highest BCUT2D eigenvalue weighted by Crippen LogP contribution is 2.45. The van der Waals surface area contributed by atoms with Gasteiger partial charge < -0.3 is 4.90 Å². The number of nitrogens with zero attached hydrogens (tertiary/aromatic N) is 1. The average molecular weight is 508 g/mol. The second-order valence-corrected chi connectivity index (χ2v) is 9.65. The number of halogens is 1. The third-order valence-electron chi connectivity index (χ3n) is 5.65. The Kier molecular flexibility index (Phi) is 5.99. The highest BCUT2D eigenvalue weighted by atomic mass is 79.9. The number of allylic oxidation sites excluding steroid dienone is 3. The second-order valence-electron chi connectivity index (χ2n) is 7.68. The van der Waals surface area contributed by atoms with Gasteiger partial charge in [0.25, 0.3) is 0 Å². The zero-order valence-electron chi connectivity index (χ0n) is 18.0. The topological polar surface area (TPSA) is 3.24 Å². The number of fused-ring (bicyclic) bond motifs is 3. The number of hydrogen-bond acceptors (Lipinski definition) is 2. The summed E-state index contributed by atoms with van der Waals surface area (Å²) < 4.78 is 3.56. The van der Waals surface area contributed by atoms with Crippen molar-refractivity contribution in [3.8, 4) is 11.1 Å². The van der Waals surface area contributed by atoms with Gasteiger partial charge in [-0.05, 0) is 53.6 Å². The van der Waals surface area contributed by atoms with E-state index in [1.807, 2.05) is 35.6 Å². The molecule has 0 radical (unpaired) electrons. The molecule has 0 fully saturated rings. The second kappa shape index (κ2) is 9.22. The Morgan fingerprint density at radius 2 is 1.48 bits per heavy atom. The summed E-state index contributed by atoms with van der Waals surface area (Å²) in [6, 6.07) is 32.1. The van der Waals surface area contributed by atoms with Crippen LogP contribution in [0.25, 0.3) is 31.3 Å². The van der Waals surface area contributed by atoms with Crippen LogP contribution in [0.15, 0.2) is 133 Å². The molecule has 0 saturated heterocycles. The molecule has 3 heteroatoms. The van der Waals surface area contributed by atoms with E-state index in [1.165, 1.54) is 31.3 Å². The van der Waals surface area contributed by atoms with Gasteiger partial charge in [-0.25, -0.2) is 0 Å². The molecule has 1 aromatic heterocycles. The van der Waals surface area contributed by atoms with Gasteiger partial charge in [0.15, 0.2) is 0 Å². The molecule has 0 bridgehead atoms. The van der Waals surface area contributed by atoms with E-state index in [2.05, 4.69) is 119 Å². The van der Waals surface area contributed by atoms with E-state index in [1.54, 1.807) is 0 Å². The standard InChI is InChI=1S/C30H22BrNS/c1-3-10-24(4-2)32(25-17-15-22(16-18-25)21-11-6-5-7-12-21)28-20-23(31)19-27-26-13-8-9-14-29(26)33-30(27)28/h3-20H,1-2H2/b24-10+. The predicted octanol–water partition coefficient (Wildman–Crippen LogP) is 9.88. The summed E-state index contributed by atoms with van der Waals surface area (Å²) in [5.41, 5.74) is 5.54. The first-order chi connectivity index (χ1) is 16.2. The van der Waals surface area contributed by atoms with Crippen molar-refractivity contribution in [2.75, 3.05) is 4.90 Å². The number of anilines is 2. The van der Waals surface area contributed by atoms with Crippen molar-refractivity contribution in [3.05, 3.63) is 133 Å². The summed E-state index contributed by atoms with van der Waals surface area (Å²) in [7, 11) is 0. The van der Waals surface area contributed by atoms with Crippen molar-refractivity contribution in [3.63, 3.8) is 0 Å². The van der Waals surface area contributed by atoms with Crippen LogP contribution in [0.1, 0.15) is 0 Å². The molecule has 0 unspecified atom stereocenters. The molecule has 0 amide bonds. The smallest absolute Gasteiger partial charge is 0.0651 e. The Bertz CT molecular complexity index is 1490. The number of thiophene rings is 1. The lowest BCUT2D eigenvalue weighted by atomic mass is 10.0. The molecule has 1 nitrogen and oxygen atoms in total. The molecule has 0 saturated carbocycles. The minimum atomic E-state index is 0.967. The van der Waals surface area contributed by atoms with E-state index >= 15 is 0 Å². The third-order valence-corrected chi connectivity index (χ3v) is 7.32. The fourth-order valence-electron chi connectivity index (χ4n) is 4.16. The van der Waals surface area contributed by atoms with Crippen LogP contribution in [-0.4, -0.2) is 0 Å². The molecule has 0 aliphatic carbocycles. The summed E-state index contributed by atoms with van der Waals surface area (Å²) in [5.74, 6) is 0. The van der Waals surface area contributed by atoms with E-state index in [0.717, 1.165) is 21.5 Å². The van der Waals surface area contributed by atoms with Gasteiger partial charge >= 0.3 is 0 Å². The highest BCUT2D eigenvalue weighted by molar-refractivity contribution is 9.10. The van der Waals surface area contributed by atoms with Crippen LogP contribution in [0.3, 0.4) is 0 Å². The summed E-state index contributed by atoms with van der Waals surface area (Å²) in [5, 5.41) is 2.51. The number of rotatable bonds is 6. The highest BCUT2D eigenvalue weighted by Gasteiger charge is 2.19. The number of benzene rings is 4. The Morgan fingerprint density at radius 1 is 0.788 bits per heavy atom. The Labute approximate surface area is 206 Å². The van der Waals surface area contributed by atoms with Crippen molar-refractivity contribution in [2.45, 2.75) is 0 Å². The Morgan fingerprint density at radius 3 is 2.21 bits per heavy atom. The first-order valence-corrected chi connectivity index (χ1v) is 12.3. The van der Waals surface area contributed by atoms with Gasteiger partial charge in [0.05, 0.1) is 10.4 Å². The molecule has 5 rings (SSSR count). The van der Waals surface area contributed by atoms with Gasteiger partial charge in [-0.1, -0.05) is 95.8 Å². The lowest BCUT2D eigenvalue weighted by Gasteiger charge is -2.27. The van der Waals surface area contributed by atoms with Crippen molar-refractivity contribution in [2.24, 2.45) is 0 Å². The minimum absolute atomic E-state index is 0.967. The monoisotopic (exact) mass is 507 g/mol. The molecule has 0 spiro atoms. The fraction of sp³-hybridized carbons (Fsp3) is 0. The molecular weight excluding hydrogens is 486 g/mol. The summed E-state index contributed by atoms with van der Waals surface area (Å²) >= 11 is 5.58. The van der Waals surface area contributed by atoms with Crippen LogP contribution < -0.4 is 4.90 Å². The summed E-state index contributed by atoms with van der Waals surface area (Å²) in [4.78, 5) is 2.26. The van der Waals surface area contributed by atoms with Gasteiger partial charge in [0.2, 0.25) is 0 Å². The Balaban J connectivity index is 1.73. The zero-order chi connectivity index (χ0) is 22.8. The summed E-state index contributed by atoms with van der Waals surface area (Å²) in [6.45, 7) is 8.03. The third kappa shape index (κ3) is 4.06. The van der Waals surface area contributed by atoms with Crippen LogP contribution in [0.5, 0.6) is 0 Å². The van der Waals surface area contributed by atoms with Crippen LogP contribution in [-0.2, 0) is 0 Å². The first kappa shape index (κ1) is 21.4. The van der Waals surface area contributed by atoms with Crippen LogP contribution in [0.4, 0.5) is 11.4 Å². The largest absolute Gasteiger partial charge is 0.309 e. The van der Waals surface area contributed by atoms with E-state index in [9.17, 15) is 0 Å². The van der Waals surface area contributed by atoms with Crippen LogP contribution in [0.2, 0.25) is 0 Å².